The zero-order valence-electron chi connectivity index (χ0n) is 46.0. The number of hydrogen-bond donors (Lipinski definition) is 2. The molecule has 0 aromatic rings. The molecule has 8 aliphatic heterocycles. The molecule has 19 heteroatoms. The summed E-state index contributed by atoms with van der Waals surface area (Å²) in [5, 5.41) is 35.7. The zero-order valence-corrected chi connectivity index (χ0v) is 48.0. The summed E-state index contributed by atoms with van der Waals surface area (Å²) in [4.78, 5) is 12.4. The number of aliphatic carboxylic acids is 1. The minimum Gasteiger partial charge on any atom is -0.550 e. The number of carboxylic acids is 1. The van der Waals surface area contributed by atoms with Crippen LogP contribution in [0.2, 0.25) is 0 Å². The monoisotopic (exact) mass is 1040 g/mol. The molecule has 2 N–H and O–H groups in total. The molecule has 0 aromatic carbocycles. The minimum absolute atomic E-state index is 0. The topological polar surface area (TPSA) is 210 Å². The van der Waals surface area contributed by atoms with Gasteiger partial charge in [0.15, 0.2) is 29.9 Å². The van der Waals surface area contributed by atoms with E-state index in [-0.39, 0.29) is 103 Å². The molecule has 26 atom stereocenters. The molecule has 0 aliphatic carbocycles. The summed E-state index contributed by atoms with van der Waals surface area (Å²) in [6.07, 6.45) is -0.760. The van der Waals surface area contributed by atoms with Gasteiger partial charge in [-0.1, -0.05) is 34.6 Å². The van der Waals surface area contributed by atoms with Gasteiger partial charge < -0.3 is 86.4 Å². The van der Waals surface area contributed by atoms with Crippen LogP contribution in [0.15, 0.2) is 0 Å². The number of carboxylic acid groups (broad SMARTS) is 1. The van der Waals surface area contributed by atoms with Crippen LogP contribution in [0.25, 0.3) is 0 Å². The summed E-state index contributed by atoms with van der Waals surface area (Å²) < 4.78 is 91.8. The summed E-state index contributed by atoms with van der Waals surface area (Å²) >= 11 is 0. The van der Waals surface area contributed by atoms with Crippen LogP contribution in [0.3, 0.4) is 0 Å². The molecule has 1 spiro atoms. The molecule has 8 fully saturated rings. The number of rotatable bonds is 15. The maximum absolute atomic E-state index is 12.4. The number of aliphatic hydroxyl groups is 2. The van der Waals surface area contributed by atoms with Crippen LogP contribution in [0.4, 0.5) is 0 Å². The Morgan fingerprint density at radius 1 is 0.722 bits per heavy atom. The van der Waals surface area contributed by atoms with Crippen LogP contribution in [0.1, 0.15) is 146 Å². The molecular weight excluding hydrogens is 948 g/mol. The Morgan fingerprint density at radius 2 is 1.36 bits per heavy atom. The molecule has 8 rings (SSSR count). The van der Waals surface area contributed by atoms with E-state index in [1.54, 1.807) is 28.3 Å². The first-order valence-corrected chi connectivity index (χ1v) is 26.9. The summed E-state index contributed by atoms with van der Waals surface area (Å²) in [5.41, 5.74) is -1.57. The molecule has 0 saturated carbocycles. The molecule has 410 valence electrons. The van der Waals surface area contributed by atoms with Gasteiger partial charge in [-0.25, -0.2) is 0 Å². The van der Waals surface area contributed by atoms with Crippen LogP contribution in [0, 0.1) is 29.6 Å². The first kappa shape index (κ1) is 59.5. The first-order valence-electron chi connectivity index (χ1n) is 26.9. The fourth-order valence-corrected chi connectivity index (χ4v) is 14.0. The largest absolute Gasteiger partial charge is 1.00 e. The Labute approximate surface area is 450 Å². The van der Waals surface area contributed by atoms with E-state index in [2.05, 4.69) is 20.8 Å². The molecule has 8 aliphatic rings. The van der Waals surface area contributed by atoms with Crippen molar-refractivity contribution < 1.29 is 116 Å². The molecule has 0 radical (unpaired) electrons. The number of carbonyl (C=O) groups excluding carboxylic acids is 1. The van der Waals surface area contributed by atoms with Gasteiger partial charge in [0.25, 0.3) is 0 Å². The van der Waals surface area contributed by atoms with Crippen LogP contribution < -0.4 is 34.7 Å². The number of ether oxygens (including phenoxy) is 14. The molecule has 8 heterocycles. The number of hydrogen-bond acceptors (Lipinski definition) is 18. The van der Waals surface area contributed by atoms with Crippen molar-refractivity contribution >= 4 is 5.97 Å². The summed E-state index contributed by atoms with van der Waals surface area (Å²) in [5.74, 6) is -6.79. The van der Waals surface area contributed by atoms with Gasteiger partial charge in [-0.05, 0) is 79.1 Å². The number of carbonyl (C=O) groups is 1. The summed E-state index contributed by atoms with van der Waals surface area (Å²) in [6, 6.07) is 0. The van der Waals surface area contributed by atoms with Crippen molar-refractivity contribution in [2.24, 2.45) is 29.6 Å². The average molecular weight is 1040 g/mol. The van der Waals surface area contributed by atoms with Gasteiger partial charge in [0.2, 0.25) is 0 Å². The van der Waals surface area contributed by atoms with E-state index in [1.165, 1.54) is 7.11 Å². The first-order chi connectivity index (χ1) is 33.4. The molecule has 72 heavy (non-hydrogen) atoms. The second kappa shape index (κ2) is 23.3. The van der Waals surface area contributed by atoms with Crippen molar-refractivity contribution in [1.82, 2.24) is 0 Å². The Hall–Kier alpha value is -0.170. The summed E-state index contributed by atoms with van der Waals surface area (Å²) in [7, 11) is 6.39. The van der Waals surface area contributed by atoms with Gasteiger partial charge in [-0.15, -0.1) is 0 Å². The van der Waals surface area contributed by atoms with E-state index in [9.17, 15) is 20.1 Å². The van der Waals surface area contributed by atoms with Crippen molar-refractivity contribution in [1.29, 1.82) is 0 Å². The molecule has 0 amide bonds. The minimum atomic E-state index is -1.64. The maximum atomic E-state index is 12.4. The smallest absolute Gasteiger partial charge is 0.550 e. The molecule has 0 unspecified atom stereocenters. The Balaban J connectivity index is 0.00000760. The predicted molar refractivity (Wildman–Crippen MR) is 252 cm³/mol. The second-order valence-corrected chi connectivity index (χ2v) is 23.6. The Kier molecular flexibility index (Phi) is 19.2. The SMILES string of the molecule is CO[C@@H]1[C@@H](O[C@H]2CC[C@H](OC)[C@@H](C)O2)[C@H](C)[C@](CC(=O)[O-])(OC)O[C@H]1[C@H](C)[C@H]1O[C@@]2(CC[C@@](C)([C@H]3CC[C@@](C)([C@@H]4O[C@@H]([C@H]5O[C@](C)(O)[C@H](C)C[C@@H]5C)C[C@@H]4O[C@H]4CC[C@H](OC)[C@@H](C)O4)O3)O2)C[C@H](O)[C@H]1C.[Na+]. The van der Waals surface area contributed by atoms with Gasteiger partial charge in [-0.3, -0.25) is 0 Å². The van der Waals surface area contributed by atoms with Gasteiger partial charge in [0.05, 0.1) is 84.4 Å². The maximum Gasteiger partial charge on any atom is 1.00 e. The van der Waals surface area contributed by atoms with Gasteiger partial charge in [0.1, 0.15) is 12.2 Å². The van der Waals surface area contributed by atoms with Crippen molar-refractivity contribution in [3.63, 3.8) is 0 Å². The average Bonchev–Trinajstić information content (AvgIpc) is 4.03. The molecule has 18 nitrogen and oxygen atoms in total. The third kappa shape index (κ3) is 11.7. The molecule has 8 saturated heterocycles. The zero-order chi connectivity index (χ0) is 51.6. The fourth-order valence-electron chi connectivity index (χ4n) is 14.0. The number of aliphatic hydroxyl groups excluding tert-OH is 1. The van der Waals surface area contributed by atoms with Crippen molar-refractivity contribution in [2.75, 3.05) is 28.4 Å². The van der Waals surface area contributed by atoms with E-state index < -0.39 is 102 Å². The normalized spacial score (nSPS) is 52.6. The Morgan fingerprint density at radius 3 is 1.94 bits per heavy atom. The third-order valence-electron chi connectivity index (χ3n) is 18.7. The predicted octanol–water partition coefficient (Wildman–Crippen LogP) is 1.93. The van der Waals surface area contributed by atoms with E-state index >= 15 is 0 Å². The summed E-state index contributed by atoms with van der Waals surface area (Å²) in [6.45, 7) is 19.8. The van der Waals surface area contributed by atoms with Gasteiger partial charge in [0, 0.05) is 96.6 Å². The van der Waals surface area contributed by atoms with Crippen molar-refractivity contribution in [3.05, 3.63) is 0 Å². The van der Waals surface area contributed by atoms with Crippen molar-refractivity contribution in [3.8, 4) is 0 Å². The van der Waals surface area contributed by atoms with Crippen LogP contribution in [0.5, 0.6) is 0 Å². The standard InChI is InChI=1S/C53H90O18.Na/c1-27-23-28(2)51(10,57)68-43(27)37-24-38(64-41-17-15-35(58-11)32(6)62-41)48(65-37)50(9)20-19-39(67-50)49(8)21-22-52(71-49)25-34(54)29(3)44(69-52)30(4)45-47(60-13)46(31(5)53(61-14,70-45)26-40(55)56)66-42-18-16-36(59-12)33(7)63-42;/h27-39,41-48,54,57H,15-26H2,1-14H3,(H,55,56);/q;+1/p-1/t27-,28+,29+,30+,31-,32+,33+,34-,35-,36-,37+,38-,39+,41-,42-,43-,44-,45-,46-,47-,48+,49-,50-,51-,52+,53+;/m0./s1. The van der Waals surface area contributed by atoms with Crippen LogP contribution >= 0.6 is 0 Å². The van der Waals surface area contributed by atoms with E-state index in [0.29, 0.717) is 44.9 Å². The fraction of sp³-hybridized carbons (Fsp3) is 0.981. The second-order valence-electron chi connectivity index (χ2n) is 23.6. The van der Waals surface area contributed by atoms with Crippen molar-refractivity contribution in [2.45, 2.75) is 273 Å². The molecule has 0 bridgehead atoms. The molecular formula is C53H89NaO18. The molecule has 0 aromatic heterocycles. The van der Waals surface area contributed by atoms with Gasteiger partial charge >= 0.3 is 29.6 Å². The van der Waals surface area contributed by atoms with E-state index in [4.69, 9.17) is 66.3 Å². The van der Waals surface area contributed by atoms with E-state index in [1.807, 2.05) is 41.5 Å². The third-order valence-corrected chi connectivity index (χ3v) is 18.7. The quantitative estimate of drug-likeness (QED) is 0.225. The van der Waals surface area contributed by atoms with Gasteiger partial charge in [-0.2, -0.15) is 0 Å². The number of methoxy groups -OCH3 is 4. The van der Waals surface area contributed by atoms with Crippen LogP contribution in [-0.4, -0.2) is 171 Å². The Bertz CT molecular complexity index is 1800. The van der Waals surface area contributed by atoms with E-state index in [0.717, 1.165) is 19.3 Å². The van der Waals surface area contributed by atoms with Crippen LogP contribution in [-0.2, 0) is 71.1 Å².